The minimum absolute atomic E-state index is 0.00579. The zero-order valence-corrected chi connectivity index (χ0v) is 12.8. The number of aromatic nitrogens is 1. The minimum Gasteiger partial charge on any atom is -0.351 e. The second kappa shape index (κ2) is 5.37. The van der Waals surface area contributed by atoms with E-state index in [1.54, 1.807) is 19.0 Å². The number of carbonyl (C=O) groups excluding carboxylic acids is 1. The molecule has 1 aliphatic heterocycles. The van der Waals surface area contributed by atoms with Crippen LogP contribution in [-0.4, -0.2) is 54.9 Å². The molecule has 2 aromatic rings. The van der Waals surface area contributed by atoms with Crippen molar-refractivity contribution >= 4 is 22.4 Å². The first kappa shape index (κ1) is 13.9. The van der Waals surface area contributed by atoms with Crippen molar-refractivity contribution < 1.29 is 4.79 Å². The van der Waals surface area contributed by atoms with Gasteiger partial charge in [0.05, 0.1) is 0 Å². The average molecular weight is 283 g/mol. The summed E-state index contributed by atoms with van der Waals surface area (Å²) in [6, 6.07) is 8.31. The van der Waals surface area contributed by atoms with E-state index in [1.165, 1.54) is 11.1 Å². The van der Waals surface area contributed by atoms with Crippen LogP contribution in [0.2, 0.25) is 0 Å². The Bertz CT molecular complexity index is 712. The Labute approximate surface area is 125 Å². The normalized spacial score (nSPS) is 16.0. The molecule has 110 valence electrons. The third-order valence-corrected chi connectivity index (χ3v) is 4.04. The van der Waals surface area contributed by atoms with Crippen LogP contribution in [0.25, 0.3) is 16.5 Å². The SMILES string of the molecule is CN1CC=C(c2ccc3cc(C(=O)N(C)C)[nH]c3c2)CC1. The summed E-state index contributed by atoms with van der Waals surface area (Å²) in [6.07, 6.45) is 3.37. The van der Waals surface area contributed by atoms with Crippen molar-refractivity contribution in [1.82, 2.24) is 14.8 Å². The van der Waals surface area contributed by atoms with Gasteiger partial charge in [-0.3, -0.25) is 4.79 Å². The number of benzene rings is 1. The highest BCUT2D eigenvalue weighted by atomic mass is 16.2. The summed E-state index contributed by atoms with van der Waals surface area (Å²) in [5.74, 6) is 0.00579. The third-order valence-electron chi connectivity index (χ3n) is 4.04. The lowest BCUT2D eigenvalue weighted by Gasteiger charge is -2.22. The monoisotopic (exact) mass is 283 g/mol. The van der Waals surface area contributed by atoms with E-state index in [2.05, 4.69) is 41.2 Å². The molecule has 0 saturated carbocycles. The van der Waals surface area contributed by atoms with Crippen LogP contribution in [0.1, 0.15) is 22.5 Å². The third kappa shape index (κ3) is 2.72. The Hall–Kier alpha value is -2.07. The minimum atomic E-state index is 0.00579. The molecule has 3 rings (SSSR count). The molecule has 1 aromatic carbocycles. The fourth-order valence-corrected chi connectivity index (χ4v) is 2.72. The number of fused-ring (bicyclic) bond motifs is 1. The second-order valence-electron chi connectivity index (χ2n) is 5.93. The van der Waals surface area contributed by atoms with E-state index in [4.69, 9.17) is 0 Å². The molecule has 2 heterocycles. The molecular weight excluding hydrogens is 262 g/mol. The first-order valence-electron chi connectivity index (χ1n) is 7.27. The summed E-state index contributed by atoms with van der Waals surface area (Å²) in [5.41, 5.74) is 4.31. The predicted octanol–water partition coefficient (Wildman–Crippen LogP) is 2.59. The molecule has 1 aromatic heterocycles. The highest BCUT2D eigenvalue weighted by Crippen LogP contribution is 2.26. The number of rotatable bonds is 2. The van der Waals surface area contributed by atoms with Crippen molar-refractivity contribution in [3.05, 3.63) is 41.6 Å². The molecule has 4 heteroatoms. The van der Waals surface area contributed by atoms with E-state index in [1.807, 2.05) is 6.07 Å². The van der Waals surface area contributed by atoms with Gasteiger partial charge in [-0.05, 0) is 36.7 Å². The smallest absolute Gasteiger partial charge is 0.269 e. The molecule has 21 heavy (non-hydrogen) atoms. The Morgan fingerprint density at radius 3 is 2.76 bits per heavy atom. The number of aromatic amines is 1. The number of hydrogen-bond acceptors (Lipinski definition) is 2. The lowest BCUT2D eigenvalue weighted by molar-refractivity contribution is 0.0823. The van der Waals surface area contributed by atoms with Crippen molar-refractivity contribution in [3.63, 3.8) is 0 Å². The Morgan fingerprint density at radius 2 is 2.10 bits per heavy atom. The van der Waals surface area contributed by atoms with Gasteiger partial charge in [0.25, 0.3) is 5.91 Å². The van der Waals surface area contributed by atoms with Crippen LogP contribution in [0.15, 0.2) is 30.3 Å². The molecule has 4 nitrogen and oxygen atoms in total. The van der Waals surface area contributed by atoms with Crippen LogP contribution in [0, 0.1) is 0 Å². The van der Waals surface area contributed by atoms with Gasteiger partial charge in [0.15, 0.2) is 0 Å². The topological polar surface area (TPSA) is 39.3 Å². The van der Waals surface area contributed by atoms with Crippen molar-refractivity contribution in [2.75, 3.05) is 34.2 Å². The van der Waals surface area contributed by atoms with E-state index in [0.717, 1.165) is 30.4 Å². The van der Waals surface area contributed by atoms with Gasteiger partial charge in [0.2, 0.25) is 0 Å². The number of nitrogens with one attached hydrogen (secondary N) is 1. The molecule has 0 fully saturated rings. The van der Waals surface area contributed by atoms with Gasteiger partial charge >= 0.3 is 0 Å². The van der Waals surface area contributed by atoms with Crippen LogP contribution in [-0.2, 0) is 0 Å². The maximum Gasteiger partial charge on any atom is 0.269 e. The van der Waals surface area contributed by atoms with Crippen LogP contribution < -0.4 is 0 Å². The number of H-pyrrole nitrogens is 1. The fourth-order valence-electron chi connectivity index (χ4n) is 2.72. The van der Waals surface area contributed by atoms with Crippen molar-refractivity contribution in [2.24, 2.45) is 0 Å². The summed E-state index contributed by atoms with van der Waals surface area (Å²) < 4.78 is 0. The van der Waals surface area contributed by atoms with E-state index in [-0.39, 0.29) is 5.91 Å². The van der Waals surface area contributed by atoms with E-state index in [9.17, 15) is 4.79 Å². The number of nitrogens with zero attached hydrogens (tertiary/aromatic N) is 2. The number of likely N-dealkylation sites (N-methyl/N-ethyl adjacent to an activating group) is 1. The predicted molar refractivity (Wildman–Crippen MR) is 86.4 cm³/mol. The Kier molecular flexibility index (Phi) is 3.55. The van der Waals surface area contributed by atoms with Crippen LogP contribution >= 0.6 is 0 Å². The van der Waals surface area contributed by atoms with Gasteiger partial charge in [-0.2, -0.15) is 0 Å². The summed E-state index contributed by atoms with van der Waals surface area (Å²) in [7, 11) is 5.67. The van der Waals surface area contributed by atoms with Crippen LogP contribution in [0.3, 0.4) is 0 Å². The zero-order valence-electron chi connectivity index (χ0n) is 12.8. The lowest BCUT2D eigenvalue weighted by atomic mass is 9.99. The van der Waals surface area contributed by atoms with Gasteiger partial charge in [0.1, 0.15) is 5.69 Å². The Morgan fingerprint density at radius 1 is 1.29 bits per heavy atom. The number of amides is 1. The summed E-state index contributed by atoms with van der Waals surface area (Å²) in [6.45, 7) is 2.10. The van der Waals surface area contributed by atoms with Crippen molar-refractivity contribution in [3.8, 4) is 0 Å². The first-order valence-corrected chi connectivity index (χ1v) is 7.27. The van der Waals surface area contributed by atoms with E-state index >= 15 is 0 Å². The van der Waals surface area contributed by atoms with Crippen molar-refractivity contribution in [2.45, 2.75) is 6.42 Å². The maximum atomic E-state index is 12.0. The average Bonchev–Trinajstić information content (AvgIpc) is 2.89. The van der Waals surface area contributed by atoms with E-state index < -0.39 is 0 Å². The highest BCUT2D eigenvalue weighted by molar-refractivity contribution is 5.98. The van der Waals surface area contributed by atoms with E-state index in [0.29, 0.717) is 5.69 Å². The fraction of sp³-hybridized carbons (Fsp3) is 0.353. The zero-order chi connectivity index (χ0) is 15.0. The molecule has 0 atom stereocenters. The quantitative estimate of drug-likeness (QED) is 0.920. The largest absolute Gasteiger partial charge is 0.351 e. The Balaban J connectivity index is 1.95. The molecule has 0 spiro atoms. The standard InChI is InChI=1S/C17H21N3O/c1-19(2)17(21)16-11-14-5-4-13(10-15(14)18-16)12-6-8-20(3)9-7-12/h4-6,10-11,18H,7-9H2,1-3H3. The van der Waals surface area contributed by atoms with Gasteiger partial charge < -0.3 is 14.8 Å². The number of hydrogen-bond donors (Lipinski definition) is 1. The van der Waals surface area contributed by atoms with Crippen LogP contribution in [0.4, 0.5) is 0 Å². The molecule has 0 bridgehead atoms. The molecule has 1 N–H and O–H groups in total. The lowest BCUT2D eigenvalue weighted by Crippen LogP contribution is -2.23. The molecule has 0 saturated heterocycles. The first-order chi connectivity index (χ1) is 10.0. The maximum absolute atomic E-state index is 12.0. The summed E-state index contributed by atoms with van der Waals surface area (Å²) >= 11 is 0. The molecular formula is C17H21N3O. The summed E-state index contributed by atoms with van der Waals surface area (Å²) in [4.78, 5) is 19.1. The van der Waals surface area contributed by atoms with Gasteiger partial charge in [0, 0.05) is 38.1 Å². The molecule has 1 aliphatic rings. The summed E-state index contributed by atoms with van der Waals surface area (Å²) in [5, 5.41) is 1.08. The number of carbonyl (C=O) groups is 1. The highest BCUT2D eigenvalue weighted by Gasteiger charge is 2.13. The van der Waals surface area contributed by atoms with Gasteiger partial charge in [-0.15, -0.1) is 0 Å². The molecule has 0 aliphatic carbocycles. The van der Waals surface area contributed by atoms with Gasteiger partial charge in [-0.25, -0.2) is 0 Å². The van der Waals surface area contributed by atoms with Gasteiger partial charge in [-0.1, -0.05) is 18.2 Å². The second-order valence-corrected chi connectivity index (χ2v) is 5.93. The van der Waals surface area contributed by atoms with Crippen LogP contribution in [0.5, 0.6) is 0 Å². The molecule has 0 unspecified atom stereocenters. The molecule has 1 amide bonds. The van der Waals surface area contributed by atoms with Crippen molar-refractivity contribution in [1.29, 1.82) is 0 Å². The molecule has 0 radical (unpaired) electrons.